The molecule has 0 fully saturated rings. The molecule has 0 saturated heterocycles. The molecule has 0 aliphatic carbocycles. The highest BCUT2D eigenvalue weighted by Crippen LogP contribution is 2.41. The zero-order chi connectivity index (χ0) is 30.1. The number of hydrazone groups is 1. The topological polar surface area (TPSA) is 73.1 Å². The SMILES string of the molecule is CC(=O)Oc1c(Br)cc(Br)cc1C1=NN(C(C)=O)[C@H](CCn2c(-c3ccccc3)c(-c3ccccc3)c3ccccc32)O1. The Kier molecular flexibility index (Phi) is 8.19. The summed E-state index contributed by atoms with van der Waals surface area (Å²) in [7, 11) is 0. The molecule has 1 aliphatic heterocycles. The maximum absolute atomic E-state index is 12.8. The van der Waals surface area contributed by atoms with Crippen molar-refractivity contribution in [3.63, 3.8) is 0 Å². The highest BCUT2D eigenvalue weighted by molar-refractivity contribution is 9.11. The minimum atomic E-state index is -0.666. The predicted octanol–water partition coefficient (Wildman–Crippen LogP) is 8.38. The van der Waals surface area contributed by atoms with E-state index in [2.05, 4.69) is 96.1 Å². The van der Waals surface area contributed by atoms with Crippen LogP contribution in [0.25, 0.3) is 33.3 Å². The van der Waals surface area contributed by atoms with Crippen LogP contribution < -0.4 is 4.74 Å². The summed E-state index contributed by atoms with van der Waals surface area (Å²) in [5, 5.41) is 7.03. The quantitative estimate of drug-likeness (QED) is 0.126. The third-order valence-corrected chi connectivity index (χ3v) is 8.25. The van der Waals surface area contributed by atoms with E-state index in [-0.39, 0.29) is 17.6 Å². The molecule has 2 heterocycles. The summed E-state index contributed by atoms with van der Waals surface area (Å²) in [6.45, 7) is 3.34. The molecule has 4 aromatic carbocycles. The number of aryl methyl sites for hydroxylation is 1. The van der Waals surface area contributed by atoms with E-state index in [0.717, 1.165) is 37.8 Å². The fourth-order valence-corrected chi connectivity index (χ4v) is 6.78. The van der Waals surface area contributed by atoms with Gasteiger partial charge in [0.1, 0.15) is 0 Å². The van der Waals surface area contributed by atoms with Gasteiger partial charge in [-0.1, -0.05) is 94.8 Å². The van der Waals surface area contributed by atoms with Crippen LogP contribution in [-0.4, -0.2) is 33.6 Å². The van der Waals surface area contributed by atoms with Crippen molar-refractivity contribution in [3.05, 3.63) is 112 Å². The van der Waals surface area contributed by atoms with Gasteiger partial charge >= 0.3 is 5.97 Å². The van der Waals surface area contributed by atoms with Crippen LogP contribution in [0.15, 0.2) is 111 Å². The summed E-state index contributed by atoms with van der Waals surface area (Å²) in [5.74, 6) is -0.267. The first-order chi connectivity index (χ1) is 20.8. The lowest BCUT2D eigenvalue weighted by atomic mass is 9.98. The molecule has 0 bridgehead atoms. The summed E-state index contributed by atoms with van der Waals surface area (Å²) in [5.41, 5.74) is 6.00. The number of carbonyl (C=O) groups is 2. The van der Waals surface area contributed by atoms with Crippen molar-refractivity contribution >= 4 is 60.5 Å². The van der Waals surface area contributed by atoms with E-state index in [9.17, 15) is 9.59 Å². The van der Waals surface area contributed by atoms with Crippen molar-refractivity contribution in [2.75, 3.05) is 0 Å². The third kappa shape index (κ3) is 5.75. The van der Waals surface area contributed by atoms with Crippen LogP contribution in [-0.2, 0) is 20.9 Å². The van der Waals surface area contributed by atoms with E-state index in [1.54, 1.807) is 12.1 Å². The number of hydrogen-bond acceptors (Lipinski definition) is 5. The number of amides is 1. The number of hydrogen-bond donors (Lipinski definition) is 0. The molecule has 216 valence electrons. The summed E-state index contributed by atoms with van der Waals surface area (Å²) < 4.78 is 15.4. The van der Waals surface area contributed by atoms with Crippen LogP contribution in [0.1, 0.15) is 25.8 Å². The molecular weight excluding hydrogens is 674 g/mol. The number of aromatic nitrogens is 1. The number of carbonyl (C=O) groups excluding carboxylic acids is 2. The number of para-hydroxylation sites is 1. The van der Waals surface area contributed by atoms with Gasteiger partial charge in [-0.15, -0.1) is 5.10 Å². The van der Waals surface area contributed by atoms with Crippen LogP contribution in [0, 0.1) is 0 Å². The average Bonchev–Trinajstić information content (AvgIpc) is 3.58. The van der Waals surface area contributed by atoms with Gasteiger partial charge in [0.15, 0.2) is 12.0 Å². The molecular formula is C34H27Br2N3O4. The first-order valence-corrected chi connectivity index (χ1v) is 15.4. The molecule has 6 rings (SSSR count). The highest BCUT2D eigenvalue weighted by Gasteiger charge is 2.34. The lowest BCUT2D eigenvalue weighted by molar-refractivity contribution is -0.135. The van der Waals surface area contributed by atoms with Gasteiger partial charge in [-0.3, -0.25) is 9.59 Å². The van der Waals surface area contributed by atoms with Gasteiger partial charge in [-0.2, -0.15) is 5.01 Å². The molecule has 0 radical (unpaired) electrons. The summed E-state index contributed by atoms with van der Waals surface area (Å²) in [6, 6.07) is 32.6. The number of benzene rings is 4. The maximum Gasteiger partial charge on any atom is 0.308 e. The smallest absolute Gasteiger partial charge is 0.308 e. The first kappa shape index (κ1) is 28.9. The van der Waals surface area contributed by atoms with E-state index in [1.807, 2.05) is 30.3 Å². The lowest BCUT2D eigenvalue weighted by Gasteiger charge is -2.21. The van der Waals surface area contributed by atoms with E-state index < -0.39 is 12.2 Å². The molecule has 1 atom stereocenters. The summed E-state index contributed by atoms with van der Waals surface area (Å²) >= 11 is 6.96. The highest BCUT2D eigenvalue weighted by atomic mass is 79.9. The van der Waals surface area contributed by atoms with Gasteiger partial charge in [-0.05, 0) is 45.3 Å². The number of fused-ring (bicyclic) bond motifs is 1. The Hall–Kier alpha value is -4.21. The fourth-order valence-electron chi connectivity index (χ4n) is 5.47. The number of rotatable bonds is 7. The summed E-state index contributed by atoms with van der Waals surface area (Å²) in [4.78, 5) is 24.6. The van der Waals surface area contributed by atoms with Crippen LogP contribution >= 0.6 is 31.9 Å². The van der Waals surface area contributed by atoms with Gasteiger partial charge in [0.2, 0.25) is 11.8 Å². The van der Waals surface area contributed by atoms with Crippen molar-refractivity contribution in [1.82, 2.24) is 9.58 Å². The predicted molar refractivity (Wildman–Crippen MR) is 175 cm³/mol. The van der Waals surface area contributed by atoms with Crippen LogP contribution in [0.5, 0.6) is 5.75 Å². The largest absolute Gasteiger partial charge is 0.450 e. The third-order valence-electron chi connectivity index (χ3n) is 7.21. The standard InChI is InChI=1S/C34H27Br2N3O4/c1-21(40)39-30(43-34(37-39)27-19-25(35)20-28(36)33(27)42-22(2)41)17-18-38-29-16-10-9-15-26(29)31(23-11-5-3-6-12-23)32(38)24-13-7-4-8-14-24/h3-16,19-20,30H,17-18H2,1-2H3/t30-/m0/s1. The van der Waals surface area contributed by atoms with Crippen LogP contribution in [0.2, 0.25) is 0 Å². The molecule has 43 heavy (non-hydrogen) atoms. The van der Waals surface area contributed by atoms with E-state index in [1.165, 1.54) is 18.9 Å². The molecule has 0 N–H and O–H groups in total. The molecule has 0 saturated carbocycles. The van der Waals surface area contributed by atoms with E-state index >= 15 is 0 Å². The second-order valence-electron chi connectivity index (χ2n) is 10.1. The molecule has 0 unspecified atom stereocenters. The minimum absolute atomic E-state index is 0.198. The number of esters is 1. The Balaban J connectivity index is 1.40. The van der Waals surface area contributed by atoms with Gasteiger partial charge in [-0.25, -0.2) is 0 Å². The molecule has 1 amide bonds. The zero-order valence-electron chi connectivity index (χ0n) is 23.5. The Morgan fingerprint density at radius 2 is 1.53 bits per heavy atom. The Morgan fingerprint density at radius 1 is 0.884 bits per heavy atom. The molecule has 1 aliphatic rings. The Labute approximate surface area is 266 Å². The number of ether oxygens (including phenoxy) is 2. The second-order valence-corrected chi connectivity index (χ2v) is 11.9. The molecule has 5 aromatic rings. The van der Waals surface area contributed by atoms with Crippen molar-refractivity contribution in [2.45, 2.75) is 33.0 Å². The second kappa shape index (κ2) is 12.2. The monoisotopic (exact) mass is 699 g/mol. The van der Waals surface area contributed by atoms with Gasteiger partial charge in [0.25, 0.3) is 0 Å². The Morgan fingerprint density at radius 3 is 2.21 bits per heavy atom. The van der Waals surface area contributed by atoms with Crippen molar-refractivity contribution in [1.29, 1.82) is 0 Å². The molecule has 9 heteroatoms. The van der Waals surface area contributed by atoms with Crippen LogP contribution in [0.3, 0.4) is 0 Å². The van der Waals surface area contributed by atoms with Crippen molar-refractivity contribution in [3.8, 4) is 28.1 Å². The van der Waals surface area contributed by atoms with Crippen molar-refractivity contribution in [2.24, 2.45) is 5.10 Å². The van der Waals surface area contributed by atoms with E-state index in [4.69, 9.17) is 9.47 Å². The molecule has 1 aromatic heterocycles. The zero-order valence-corrected chi connectivity index (χ0v) is 26.6. The van der Waals surface area contributed by atoms with Crippen molar-refractivity contribution < 1.29 is 19.1 Å². The van der Waals surface area contributed by atoms with Gasteiger partial charge < -0.3 is 14.0 Å². The number of halogens is 2. The summed E-state index contributed by atoms with van der Waals surface area (Å²) in [6.07, 6.45) is -0.211. The van der Waals surface area contributed by atoms with E-state index in [0.29, 0.717) is 23.0 Å². The Bertz CT molecular complexity index is 1870. The lowest BCUT2D eigenvalue weighted by Crippen LogP contribution is -2.33. The van der Waals surface area contributed by atoms with Crippen LogP contribution in [0.4, 0.5) is 0 Å². The molecule has 7 nitrogen and oxygen atoms in total. The van der Waals surface area contributed by atoms with Gasteiger partial charge in [0, 0.05) is 47.8 Å². The fraction of sp³-hybridized carbons (Fsp3) is 0.147. The minimum Gasteiger partial charge on any atom is -0.450 e. The number of nitrogens with zero attached hydrogens (tertiary/aromatic N) is 3. The average molecular weight is 701 g/mol. The molecule has 0 spiro atoms. The normalized spacial score (nSPS) is 14.5. The van der Waals surface area contributed by atoms with Gasteiger partial charge in [0.05, 0.1) is 15.7 Å². The first-order valence-electron chi connectivity index (χ1n) is 13.8. The maximum atomic E-state index is 12.8.